The van der Waals surface area contributed by atoms with Crippen molar-refractivity contribution < 1.29 is 4.79 Å². The Labute approximate surface area is 117 Å². The fourth-order valence-corrected chi connectivity index (χ4v) is 2.90. The lowest BCUT2D eigenvalue weighted by molar-refractivity contribution is -0.108. The van der Waals surface area contributed by atoms with Crippen molar-refractivity contribution in [2.75, 3.05) is 13.1 Å². The maximum Gasteiger partial charge on any atom is 0.119 e. The maximum atomic E-state index is 10.4. The Morgan fingerprint density at radius 2 is 1.74 bits per heavy atom. The summed E-state index contributed by atoms with van der Waals surface area (Å²) in [5.74, 6) is 0. The topological polar surface area (TPSA) is 20.3 Å². The summed E-state index contributed by atoms with van der Waals surface area (Å²) in [5, 5.41) is 0. The van der Waals surface area contributed by atoms with Gasteiger partial charge in [-0.3, -0.25) is 4.90 Å². The zero-order chi connectivity index (χ0) is 14.1. The van der Waals surface area contributed by atoms with Crippen LogP contribution in [0, 0.1) is 0 Å². The van der Waals surface area contributed by atoms with Gasteiger partial charge in [0.2, 0.25) is 0 Å². The molecule has 106 valence electrons. The highest BCUT2D eigenvalue weighted by Crippen LogP contribution is 2.33. The van der Waals surface area contributed by atoms with Crippen molar-refractivity contribution in [3.8, 4) is 0 Å². The molecule has 1 unspecified atom stereocenters. The Bertz CT molecular complexity index is 359. The van der Waals surface area contributed by atoms with Gasteiger partial charge in [-0.15, -0.1) is 0 Å². The van der Waals surface area contributed by atoms with Gasteiger partial charge in [0.25, 0.3) is 0 Å². The molecule has 0 fully saturated rings. The van der Waals surface area contributed by atoms with Crippen molar-refractivity contribution in [1.29, 1.82) is 0 Å². The van der Waals surface area contributed by atoms with Crippen LogP contribution in [0.3, 0.4) is 0 Å². The Hall–Kier alpha value is -1.15. The smallest absolute Gasteiger partial charge is 0.119 e. The Morgan fingerprint density at radius 3 is 2.26 bits per heavy atom. The molecule has 2 heteroatoms. The predicted molar refractivity (Wildman–Crippen MR) is 81.2 cm³/mol. The Morgan fingerprint density at radius 1 is 1.11 bits per heavy atom. The van der Waals surface area contributed by atoms with Gasteiger partial charge in [0.1, 0.15) is 6.29 Å². The molecule has 0 aliphatic carbocycles. The minimum atomic E-state index is 0.0770. The molecule has 19 heavy (non-hydrogen) atoms. The number of carbonyl (C=O) groups excluding carboxylic acids is 1. The van der Waals surface area contributed by atoms with Gasteiger partial charge >= 0.3 is 0 Å². The normalized spacial score (nSPS) is 14.3. The number of hydrogen-bond donors (Lipinski definition) is 0. The van der Waals surface area contributed by atoms with Crippen LogP contribution < -0.4 is 0 Å². The number of rotatable bonds is 9. The van der Waals surface area contributed by atoms with Crippen molar-refractivity contribution >= 4 is 6.29 Å². The number of nitrogens with zero attached hydrogens (tertiary/aromatic N) is 1. The van der Waals surface area contributed by atoms with Gasteiger partial charge in [-0.25, -0.2) is 0 Å². The zero-order valence-corrected chi connectivity index (χ0v) is 12.6. The second-order valence-corrected chi connectivity index (χ2v) is 5.22. The molecule has 2 nitrogen and oxygen atoms in total. The van der Waals surface area contributed by atoms with Crippen molar-refractivity contribution in [3.63, 3.8) is 0 Å². The van der Waals surface area contributed by atoms with E-state index in [1.807, 2.05) is 0 Å². The number of hydrogen-bond acceptors (Lipinski definition) is 2. The molecule has 1 aromatic rings. The van der Waals surface area contributed by atoms with E-state index in [2.05, 4.69) is 56.0 Å². The molecule has 0 aromatic heterocycles. The van der Waals surface area contributed by atoms with Gasteiger partial charge in [0, 0.05) is 12.0 Å². The molecule has 1 rings (SSSR count). The first-order valence-electron chi connectivity index (χ1n) is 7.43. The largest absolute Gasteiger partial charge is 0.303 e. The Kier molecular flexibility index (Phi) is 6.79. The van der Waals surface area contributed by atoms with E-state index < -0.39 is 0 Å². The van der Waals surface area contributed by atoms with Gasteiger partial charge in [-0.05, 0) is 38.4 Å². The quantitative estimate of drug-likeness (QED) is 0.494. The van der Waals surface area contributed by atoms with Crippen LogP contribution in [0.15, 0.2) is 30.3 Å². The monoisotopic (exact) mass is 261 g/mol. The lowest BCUT2D eigenvalue weighted by atomic mass is 9.84. The Balaban J connectivity index is 2.86. The second-order valence-electron chi connectivity index (χ2n) is 5.22. The molecule has 0 spiro atoms. The van der Waals surface area contributed by atoms with E-state index in [9.17, 15) is 4.79 Å². The van der Waals surface area contributed by atoms with Crippen molar-refractivity contribution in [1.82, 2.24) is 4.90 Å². The van der Waals surface area contributed by atoms with Gasteiger partial charge in [0.05, 0.1) is 0 Å². The summed E-state index contributed by atoms with van der Waals surface area (Å²) < 4.78 is 0. The third-order valence-electron chi connectivity index (χ3n) is 4.09. The number of unbranched alkanes of at least 4 members (excludes halogenated alkanes) is 2. The van der Waals surface area contributed by atoms with Crippen LogP contribution in [-0.2, 0) is 10.3 Å². The van der Waals surface area contributed by atoms with Gasteiger partial charge < -0.3 is 4.79 Å². The molecule has 0 N–H and O–H groups in total. The van der Waals surface area contributed by atoms with Crippen LogP contribution >= 0.6 is 0 Å². The van der Waals surface area contributed by atoms with E-state index in [0.717, 1.165) is 38.6 Å². The van der Waals surface area contributed by atoms with Crippen LogP contribution in [-0.4, -0.2) is 24.3 Å². The maximum absolute atomic E-state index is 10.4. The van der Waals surface area contributed by atoms with E-state index in [1.165, 1.54) is 5.56 Å². The average Bonchev–Trinajstić information content (AvgIpc) is 2.46. The van der Waals surface area contributed by atoms with Crippen LogP contribution in [0.2, 0.25) is 0 Å². The number of benzene rings is 1. The summed E-state index contributed by atoms with van der Waals surface area (Å²) in [6, 6.07) is 10.7. The summed E-state index contributed by atoms with van der Waals surface area (Å²) in [5.41, 5.74) is 1.46. The molecule has 0 aliphatic heterocycles. The molecule has 0 saturated carbocycles. The van der Waals surface area contributed by atoms with E-state index in [0.29, 0.717) is 6.42 Å². The summed E-state index contributed by atoms with van der Waals surface area (Å²) >= 11 is 0. The van der Waals surface area contributed by atoms with Crippen molar-refractivity contribution in [2.45, 2.75) is 52.0 Å². The molecule has 0 saturated heterocycles. The highest BCUT2D eigenvalue weighted by molar-refractivity contribution is 5.48. The van der Waals surface area contributed by atoms with Crippen molar-refractivity contribution in [3.05, 3.63) is 35.9 Å². The minimum absolute atomic E-state index is 0.0770. The summed E-state index contributed by atoms with van der Waals surface area (Å²) in [6.07, 6.45) is 4.90. The van der Waals surface area contributed by atoms with Crippen LogP contribution in [0.1, 0.15) is 52.0 Å². The molecule has 1 aromatic carbocycles. The van der Waals surface area contributed by atoms with Crippen LogP contribution in [0.25, 0.3) is 0 Å². The molecule has 0 heterocycles. The SMILES string of the molecule is CCN(CC)C(C)(CCCCC=O)c1ccccc1. The molecule has 0 radical (unpaired) electrons. The van der Waals surface area contributed by atoms with Gasteiger partial charge in [-0.2, -0.15) is 0 Å². The first-order chi connectivity index (χ1) is 9.19. The number of aldehydes is 1. The van der Waals surface area contributed by atoms with Crippen molar-refractivity contribution in [2.24, 2.45) is 0 Å². The molecular formula is C17H27NO. The average molecular weight is 261 g/mol. The highest BCUT2D eigenvalue weighted by atomic mass is 16.1. The molecule has 1 atom stereocenters. The zero-order valence-electron chi connectivity index (χ0n) is 12.6. The molecule has 0 aliphatic rings. The van der Waals surface area contributed by atoms with E-state index in [4.69, 9.17) is 0 Å². The van der Waals surface area contributed by atoms with E-state index in [1.54, 1.807) is 0 Å². The minimum Gasteiger partial charge on any atom is -0.303 e. The summed E-state index contributed by atoms with van der Waals surface area (Å²) in [7, 11) is 0. The highest BCUT2D eigenvalue weighted by Gasteiger charge is 2.31. The first kappa shape index (κ1) is 15.9. The second kappa shape index (κ2) is 8.11. The summed E-state index contributed by atoms with van der Waals surface area (Å²) in [6.45, 7) is 8.87. The summed E-state index contributed by atoms with van der Waals surface area (Å²) in [4.78, 5) is 13.0. The van der Waals surface area contributed by atoms with Crippen LogP contribution in [0.4, 0.5) is 0 Å². The fraction of sp³-hybridized carbons (Fsp3) is 0.588. The molecule has 0 bridgehead atoms. The third kappa shape index (κ3) is 4.17. The fourth-order valence-electron chi connectivity index (χ4n) is 2.90. The molecule has 0 amide bonds. The van der Waals surface area contributed by atoms with Gasteiger partial charge in [0.15, 0.2) is 0 Å². The van der Waals surface area contributed by atoms with Crippen LogP contribution in [0.5, 0.6) is 0 Å². The number of carbonyl (C=O) groups is 1. The standard InChI is InChI=1S/C17H27NO/c1-4-18(5-2)17(3,14-10-7-11-15-19)16-12-8-6-9-13-16/h6,8-9,12-13,15H,4-5,7,10-11,14H2,1-3H3. The lowest BCUT2D eigenvalue weighted by Crippen LogP contribution is -2.43. The first-order valence-corrected chi connectivity index (χ1v) is 7.43. The van der Waals surface area contributed by atoms with E-state index in [-0.39, 0.29) is 5.54 Å². The van der Waals surface area contributed by atoms with E-state index >= 15 is 0 Å². The molecular weight excluding hydrogens is 234 g/mol. The van der Waals surface area contributed by atoms with Gasteiger partial charge in [-0.1, -0.05) is 50.6 Å². The predicted octanol–water partition coefficient (Wildman–Crippen LogP) is 4.00. The lowest BCUT2D eigenvalue weighted by Gasteiger charge is -2.41. The third-order valence-corrected chi connectivity index (χ3v) is 4.09.